The summed E-state index contributed by atoms with van der Waals surface area (Å²) >= 11 is 13.0. The van der Waals surface area contributed by atoms with E-state index in [2.05, 4.69) is 43.3 Å². The van der Waals surface area contributed by atoms with Crippen molar-refractivity contribution in [1.29, 1.82) is 0 Å². The van der Waals surface area contributed by atoms with E-state index in [0.717, 1.165) is 21.7 Å². The molecule has 0 amide bonds. The van der Waals surface area contributed by atoms with Crippen molar-refractivity contribution in [3.05, 3.63) is 81.9 Å². The van der Waals surface area contributed by atoms with Gasteiger partial charge in [-0.1, -0.05) is 54.1 Å². The molecule has 1 atom stereocenters. The zero-order valence-electron chi connectivity index (χ0n) is 12.0. The summed E-state index contributed by atoms with van der Waals surface area (Å²) < 4.78 is 0. The Bertz CT molecular complexity index is 786. The van der Waals surface area contributed by atoms with Crippen molar-refractivity contribution < 1.29 is 0 Å². The second-order valence-corrected chi connectivity index (χ2v) is 6.31. The maximum absolute atomic E-state index is 6.80. The maximum atomic E-state index is 6.80. The van der Waals surface area contributed by atoms with E-state index in [0.29, 0.717) is 0 Å². The van der Waals surface area contributed by atoms with Crippen molar-refractivity contribution in [1.82, 2.24) is 0 Å². The Labute approximate surface area is 135 Å². The Balaban J connectivity index is 2.21. The Morgan fingerprint density at radius 3 is 2.43 bits per heavy atom. The van der Waals surface area contributed by atoms with Crippen LogP contribution in [-0.4, -0.2) is 0 Å². The Morgan fingerprint density at radius 1 is 0.905 bits per heavy atom. The van der Waals surface area contributed by atoms with Crippen molar-refractivity contribution in [2.75, 3.05) is 0 Å². The molecule has 0 bridgehead atoms. The second-order valence-electron chi connectivity index (χ2n) is 5.44. The molecule has 0 N–H and O–H groups in total. The summed E-state index contributed by atoms with van der Waals surface area (Å²) in [6.45, 7) is 4.14. The molecule has 3 aromatic carbocycles. The fourth-order valence-corrected chi connectivity index (χ4v) is 3.53. The normalized spacial score (nSPS) is 12.6. The highest BCUT2D eigenvalue weighted by molar-refractivity contribution is 6.31. The molecule has 0 aliphatic heterocycles. The maximum Gasteiger partial charge on any atom is 0.0844 e. The van der Waals surface area contributed by atoms with Crippen LogP contribution in [0.5, 0.6) is 0 Å². The van der Waals surface area contributed by atoms with Crippen molar-refractivity contribution in [3.63, 3.8) is 0 Å². The first kappa shape index (κ1) is 14.4. The van der Waals surface area contributed by atoms with Gasteiger partial charge in [-0.25, -0.2) is 0 Å². The monoisotopic (exact) mass is 314 g/mol. The third-order valence-electron chi connectivity index (χ3n) is 3.80. The second kappa shape index (κ2) is 5.71. The van der Waals surface area contributed by atoms with Gasteiger partial charge in [-0.3, -0.25) is 0 Å². The number of halogens is 2. The van der Waals surface area contributed by atoms with Crippen LogP contribution in [0.3, 0.4) is 0 Å². The fourth-order valence-electron chi connectivity index (χ4n) is 2.82. The molecule has 0 heterocycles. The molecule has 0 nitrogen and oxygen atoms in total. The van der Waals surface area contributed by atoms with E-state index in [1.807, 2.05) is 25.1 Å². The van der Waals surface area contributed by atoms with Gasteiger partial charge in [0.1, 0.15) is 0 Å². The standard InChI is InChI=1S/C19H16Cl2/c1-12-9-15(11-16(20)10-12)19(21)18-13(2)7-8-14-5-3-4-6-17(14)18/h3-11,19H,1-2H3. The van der Waals surface area contributed by atoms with E-state index in [9.17, 15) is 0 Å². The molecule has 0 fully saturated rings. The quantitative estimate of drug-likeness (QED) is 0.477. The Morgan fingerprint density at radius 2 is 1.67 bits per heavy atom. The molecule has 1 unspecified atom stereocenters. The zero-order valence-corrected chi connectivity index (χ0v) is 13.5. The molecule has 106 valence electrons. The topological polar surface area (TPSA) is 0 Å². The average molecular weight is 315 g/mol. The molecule has 3 rings (SSSR count). The van der Waals surface area contributed by atoms with Crippen LogP contribution in [-0.2, 0) is 0 Å². The first-order valence-electron chi connectivity index (χ1n) is 6.95. The van der Waals surface area contributed by atoms with E-state index < -0.39 is 0 Å². The van der Waals surface area contributed by atoms with Crippen LogP contribution in [0.2, 0.25) is 5.02 Å². The van der Waals surface area contributed by atoms with Crippen LogP contribution in [0.1, 0.15) is 27.6 Å². The fraction of sp³-hybridized carbons (Fsp3) is 0.158. The van der Waals surface area contributed by atoms with Crippen molar-refractivity contribution in [3.8, 4) is 0 Å². The summed E-state index contributed by atoms with van der Waals surface area (Å²) in [7, 11) is 0. The predicted molar refractivity (Wildman–Crippen MR) is 92.6 cm³/mol. The largest absolute Gasteiger partial charge is 0.113 e. The first-order valence-corrected chi connectivity index (χ1v) is 7.77. The zero-order chi connectivity index (χ0) is 15.0. The summed E-state index contributed by atoms with van der Waals surface area (Å²) in [4.78, 5) is 0. The highest BCUT2D eigenvalue weighted by Crippen LogP contribution is 2.37. The summed E-state index contributed by atoms with van der Waals surface area (Å²) in [5, 5.41) is 2.94. The van der Waals surface area contributed by atoms with Crippen LogP contribution >= 0.6 is 23.2 Å². The predicted octanol–water partition coefficient (Wildman–Crippen LogP) is 6.44. The highest BCUT2D eigenvalue weighted by atomic mass is 35.5. The number of hydrogen-bond acceptors (Lipinski definition) is 0. The minimum atomic E-state index is -0.200. The van der Waals surface area contributed by atoms with Gasteiger partial charge in [-0.05, 0) is 59.0 Å². The number of aryl methyl sites for hydroxylation is 2. The lowest BCUT2D eigenvalue weighted by atomic mass is 9.93. The van der Waals surface area contributed by atoms with Gasteiger partial charge in [0.05, 0.1) is 5.38 Å². The molecule has 0 aliphatic rings. The number of fused-ring (bicyclic) bond motifs is 1. The average Bonchev–Trinajstić information content (AvgIpc) is 2.45. The van der Waals surface area contributed by atoms with Gasteiger partial charge < -0.3 is 0 Å². The van der Waals surface area contributed by atoms with E-state index in [4.69, 9.17) is 23.2 Å². The van der Waals surface area contributed by atoms with Crippen molar-refractivity contribution in [2.24, 2.45) is 0 Å². The molecular formula is C19H16Cl2. The lowest BCUT2D eigenvalue weighted by Crippen LogP contribution is -1.98. The number of hydrogen-bond donors (Lipinski definition) is 0. The SMILES string of the molecule is Cc1cc(Cl)cc(C(Cl)c2c(C)ccc3ccccc23)c1. The van der Waals surface area contributed by atoms with E-state index in [1.54, 1.807) is 0 Å². The third-order valence-corrected chi connectivity index (χ3v) is 4.49. The van der Waals surface area contributed by atoms with Crippen LogP contribution in [0.25, 0.3) is 10.8 Å². The molecule has 0 saturated heterocycles. The molecule has 0 aromatic heterocycles. The van der Waals surface area contributed by atoms with Crippen molar-refractivity contribution >= 4 is 34.0 Å². The van der Waals surface area contributed by atoms with Gasteiger partial charge in [0.2, 0.25) is 0 Å². The van der Waals surface area contributed by atoms with Gasteiger partial charge in [0, 0.05) is 5.02 Å². The van der Waals surface area contributed by atoms with E-state index in [-0.39, 0.29) is 5.38 Å². The summed E-state index contributed by atoms with van der Waals surface area (Å²) in [5.41, 5.74) is 4.53. The molecule has 0 saturated carbocycles. The van der Waals surface area contributed by atoms with Gasteiger partial charge >= 0.3 is 0 Å². The number of rotatable bonds is 2. The Hall–Kier alpha value is -1.50. The number of benzene rings is 3. The molecule has 0 spiro atoms. The molecule has 21 heavy (non-hydrogen) atoms. The smallest absolute Gasteiger partial charge is 0.0844 e. The number of alkyl halides is 1. The van der Waals surface area contributed by atoms with Crippen LogP contribution in [0, 0.1) is 13.8 Å². The highest BCUT2D eigenvalue weighted by Gasteiger charge is 2.17. The third kappa shape index (κ3) is 2.79. The minimum absolute atomic E-state index is 0.200. The van der Waals surface area contributed by atoms with Crippen LogP contribution in [0.4, 0.5) is 0 Å². The van der Waals surface area contributed by atoms with Gasteiger partial charge in [0.25, 0.3) is 0 Å². The summed E-state index contributed by atoms with van der Waals surface area (Å²) in [5.74, 6) is 0. The van der Waals surface area contributed by atoms with Crippen LogP contribution in [0.15, 0.2) is 54.6 Å². The molecule has 2 heteroatoms. The van der Waals surface area contributed by atoms with Crippen molar-refractivity contribution in [2.45, 2.75) is 19.2 Å². The lowest BCUT2D eigenvalue weighted by molar-refractivity contribution is 1.12. The van der Waals surface area contributed by atoms with Gasteiger partial charge in [-0.15, -0.1) is 11.6 Å². The van der Waals surface area contributed by atoms with E-state index in [1.165, 1.54) is 16.3 Å². The van der Waals surface area contributed by atoms with Gasteiger partial charge in [0.15, 0.2) is 0 Å². The lowest BCUT2D eigenvalue weighted by Gasteiger charge is -2.17. The molecule has 0 aliphatic carbocycles. The summed E-state index contributed by atoms with van der Waals surface area (Å²) in [6, 6.07) is 18.6. The molecular weight excluding hydrogens is 299 g/mol. The first-order chi connectivity index (χ1) is 10.1. The van der Waals surface area contributed by atoms with Gasteiger partial charge in [-0.2, -0.15) is 0 Å². The molecule has 0 radical (unpaired) electrons. The molecule has 3 aromatic rings. The Kier molecular flexibility index (Phi) is 3.93. The van der Waals surface area contributed by atoms with Crippen LogP contribution < -0.4 is 0 Å². The minimum Gasteiger partial charge on any atom is -0.113 e. The van der Waals surface area contributed by atoms with E-state index >= 15 is 0 Å². The summed E-state index contributed by atoms with van der Waals surface area (Å²) in [6.07, 6.45) is 0.